The second-order valence-corrected chi connectivity index (χ2v) is 10.7. The molecule has 2 nitrogen and oxygen atoms in total. The van der Waals surface area contributed by atoms with Crippen molar-refractivity contribution in [3.8, 4) is 0 Å². The molecule has 0 heterocycles. The number of carbonyl (C=O) groups excluding carboxylic acids is 1. The van der Waals surface area contributed by atoms with E-state index in [1.54, 1.807) is 0 Å². The number of hydrogen-bond donors (Lipinski definition) is 1. The van der Waals surface area contributed by atoms with Crippen LogP contribution in [0.25, 0.3) is 0 Å². The van der Waals surface area contributed by atoms with Crippen LogP contribution in [0.3, 0.4) is 0 Å². The van der Waals surface area contributed by atoms with E-state index in [0.29, 0.717) is 17.1 Å². The van der Waals surface area contributed by atoms with Crippen LogP contribution in [0.4, 0.5) is 0 Å². The summed E-state index contributed by atoms with van der Waals surface area (Å²) in [6.45, 7) is 4.37. The zero-order valence-corrected chi connectivity index (χ0v) is 15.5. The monoisotopic (exact) mass is 330 g/mol. The van der Waals surface area contributed by atoms with Gasteiger partial charge in [-0.15, -0.1) is 0 Å². The maximum absolute atomic E-state index is 12.6. The fourth-order valence-corrected chi connectivity index (χ4v) is 8.35. The van der Waals surface area contributed by atoms with Crippen LogP contribution < -0.4 is 0 Å². The van der Waals surface area contributed by atoms with Crippen LogP contribution in [0.5, 0.6) is 0 Å². The Bertz CT molecular complexity index is 562. The highest BCUT2D eigenvalue weighted by Gasteiger charge is 2.65. The second-order valence-electron chi connectivity index (χ2n) is 10.7. The van der Waals surface area contributed by atoms with Crippen LogP contribution in [0.15, 0.2) is 0 Å². The lowest BCUT2D eigenvalue weighted by Crippen LogP contribution is -2.57. The average Bonchev–Trinajstić information content (AvgIpc) is 3.33. The van der Waals surface area contributed by atoms with Gasteiger partial charge in [0.15, 0.2) is 0 Å². The molecule has 0 saturated heterocycles. The fourth-order valence-electron chi connectivity index (χ4n) is 8.35. The van der Waals surface area contributed by atoms with Crippen molar-refractivity contribution in [3.05, 3.63) is 0 Å². The lowest BCUT2D eigenvalue weighted by Gasteiger charge is -2.62. The van der Waals surface area contributed by atoms with Gasteiger partial charge in [-0.3, -0.25) is 4.79 Å². The van der Waals surface area contributed by atoms with Gasteiger partial charge in [0.2, 0.25) is 0 Å². The summed E-state index contributed by atoms with van der Waals surface area (Å²) in [5, 5.41) is 10.7. The molecule has 0 aromatic rings. The highest BCUT2D eigenvalue weighted by atomic mass is 16.3. The number of fused-ring (bicyclic) bond motifs is 5. The Hall–Kier alpha value is -0.370. The topological polar surface area (TPSA) is 37.3 Å². The van der Waals surface area contributed by atoms with E-state index in [9.17, 15) is 9.90 Å². The maximum atomic E-state index is 12.6. The summed E-state index contributed by atoms with van der Waals surface area (Å²) in [5.74, 6) is 4.58. The molecule has 5 rings (SSSR count). The largest absolute Gasteiger partial charge is 0.390 e. The normalized spacial score (nSPS) is 57.2. The zero-order chi connectivity index (χ0) is 16.7. The number of aliphatic hydroxyl groups is 1. The van der Waals surface area contributed by atoms with Crippen molar-refractivity contribution in [2.45, 2.75) is 90.1 Å². The molecule has 0 aromatic heterocycles. The van der Waals surface area contributed by atoms with Crippen LogP contribution in [0, 0.1) is 40.4 Å². The van der Waals surface area contributed by atoms with Gasteiger partial charge in [0.25, 0.3) is 0 Å². The van der Waals surface area contributed by atoms with Gasteiger partial charge < -0.3 is 5.11 Å². The molecular formula is C22H34O2. The molecular weight excluding hydrogens is 296 g/mol. The minimum atomic E-state index is -0.428. The zero-order valence-electron chi connectivity index (χ0n) is 15.5. The molecule has 0 unspecified atom stereocenters. The Morgan fingerprint density at radius 1 is 0.875 bits per heavy atom. The molecule has 0 amide bonds. The summed E-state index contributed by atoms with van der Waals surface area (Å²) < 4.78 is 0. The first-order valence-electron chi connectivity index (χ1n) is 10.6. The third-order valence-electron chi connectivity index (χ3n) is 9.57. The maximum Gasteiger partial charge on any atom is 0.139 e. The first-order valence-corrected chi connectivity index (χ1v) is 10.6. The molecule has 0 aromatic carbocycles. The summed E-state index contributed by atoms with van der Waals surface area (Å²) in [4.78, 5) is 12.6. The van der Waals surface area contributed by atoms with E-state index in [4.69, 9.17) is 0 Å². The lowest BCUT2D eigenvalue weighted by molar-refractivity contribution is -0.164. The van der Waals surface area contributed by atoms with Gasteiger partial charge in [0.1, 0.15) is 5.78 Å². The van der Waals surface area contributed by atoms with Gasteiger partial charge in [-0.25, -0.2) is 0 Å². The molecule has 2 heteroatoms. The number of carbonyl (C=O) groups is 1. The van der Waals surface area contributed by atoms with Crippen LogP contribution >= 0.6 is 0 Å². The van der Waals surface area contributed by atoms with Crippen molar-refractivity contribution >= 4 is 5.78 Å². The smallest absolute Gasteiger partial charge is 0.139 e. The summed E-state index contributed by atoms with van der Waals surface area (Å²) in [5.41, 5.74) is 0.111. The fraction of sp³-hybridized carbons (Fsp3) is 0.955. The van der Waals surface area contributed by atoms with Gasteiger partial charge in [-0.2, -0.15) is 0 Å². The van der Waals surface area contributed by atoms with Crippen molar-refractivity contribution in [3.63, 3.8) is 0 Å². The SMILES string of the molecule is C[C@@]1(O)CC[C@@]2(C3CC3)[C@H](CC[C@@H]3[C@@H]2CC[C@]2(C)C(=O)CC[C@@H]32)C1. The van der Waals surface area contributed by atoms with Crippen LogP contribution in [0.2, 0.25) is 0 Å². The van der Waals surface area contributed by atoms with Crippen molar-refractivity contribution in [2.24, 2.45) is 40.4 Å². The minimum Gasteiger partial charge on any atom is -0.390 e. The molecule has 5 fully saturated rings. The predicted molar refractivity (Wildman–Crippen MR) is 94.4 cm³/mol. The van der Waals surface area contributed by atoms with Gasteiger partial charge in [-0.05, 0) is 106 Å². The highest BCUT2D eigenvalue weighted by Crippen LogP contribution is 2.71. The molecule has 0 spiro atoms. The first kappa shape index (κ1) is 15.9. The van der Waals surface area contributed by atoms with E-state index in [1.807, 2.05) is 0 Å². The third kappa shape index (κ3) is 1.95. The molecule has 0 bridgehead atoms. The summed E-state index contributed by atoms with van der Waals surface area (Å²) >= 11 is 0. The molecule has 0 radical (unpaired) electrons. The summed E-state index contributed by atoms with van der Waals surface area (Å²) in [6.07, 6.45) is 13.3. The molecule has 0 aliphatic heterocycles. The molecule has 5 aliphatic rings. The lowest BCUT2D eigenvalue weighted by atomic mass is 9.42. The second kappa shape index (κ2) is 4.87. The van der Waals surface area contributed by atoms with Crippen LogP contribution in [0.1, 0.15) is 84.5 Å². The van der Waals surface area contributed by atoms with E-state index in [-0.39, 0.29) is 5.41 Å². The average molecular weight is 331 g/mol. The Labute approximate surface area is 146 Å². The number of hydrogen-bond acceptors (Lipinski definition) is 2. The van der Waals surface area contributed by atoms with E-state index in [2.05, 4.69) is 13.8 Å². The van der Waals surface area contributed by atoms with E-state index in [1.165, 1.54) is 44.9 Å². The molecule has 5 aliphatic carbocycles. The van der Waals surface area contributed by atoms with Crippen molar-refractivity contribution < 1.29 is 9.90 Å². The van der Waals surface area contributed by atoms with Crippen molar-refractivity contribution in [1.82, 2.24) is 0 Å². The third-order valence-corrected chi connectivity index (χ3v) is 9.57. The number of Topliss-reactive ketones (excluding diaryl/α,β-unsaturated/α-hetero) is 1. The van der Waals surface area contributed by atoms with Gasteiger partial charge in [0.05, 0.1) is 5.60 Å². The minimum absolute atomic E-state index is 0.0128. The van der Waals surface area contributed by atoms with Crippen molar-refractivity contribution in [2.75, 3.05) is 0 Å². The van der Waals surface area contributed by atoms with Crippen molar-refractivity contribution in [1.29, 1.82) is 0 Å². The summed E-state index contributed by atoms with van der Waals surface area (Å²) in [7, 11) is 0. The van der Waals surface area contributed by atoms with Gasteiger partial charge in [-0.1, -0.05) is 6.92 Å². The predicted octanol–water partition coefficient (Wildman–Crippen LogP) is 4.74. The quantitative estimate of drug-likeness (QED) is 0.754. The standard InChI is InChI=1S/C22H34O2/c1-20(24)11-12-22(14-3-4-14)15(13-20)5-6-16-17-7-8-19(23)21(17,2)10-9-18(16)22/h14-18,24H,3-13H2,1-2H3/t15-,16+,17+,18+,20-,21+,22-/m1/s1. The van der Waals surface area contributed by atoms with E-state index in [0.717, 1.165) is 49.4 Å². The van der Waals surface area contributed by atoms with Crippen LogP contribution in [-0.2, 0) is 4.79 Å². The first-order chi connectivity index (χ1) is 11.4. The molecule has 7 atom stereocenters. The molecule has 134 valence electrons. The highest BCUT2D eigenvalue weighted by molar-refractivity contribution is 5.87. The van der Waals surface area contributed by atoms with Crippen LogP contribution in [-0.4, -0.2) is 16.5 Å². The number of rotatable bonds is 1. The summed E-state index contributed by atoms with van der Waals surface area (Å²) in [6, 6.07) is 0. The van der Waals surface area contributed by atoms with E-state index >= 15 is 0 Å². The Balaban J connectivity index is 1.51. The molecule has 5 saturated carbocycles. The van der Waals surface area contributed by atoms with Gasteiger partial charge in [0, 0.05) is 11.8 Å². The Morgan fingerprint density at radius 3 is 2.38 bits per heavy atom. The number of ketones is 1. The Morgan fingerprint density at radius 2 is 1.62 bits per heavy atom. The molecule has 1 N–H and O–H groups in total. The van der Waals surface area contributed by atoms with Gasteiger partial charge >= 0.3 is 0 Å². The Kier molecular flexibility index (Phi) is 3.22. The van der Waals surface area contributed by atoms with E-state index < -0.39 is 5.60 Å². The molecule has 24 heavy (non-hydrogen) atoms.